The Kier molecular flexibility index (Phi) is 20.7. The van der Waals surface area contributed by atoms with Crippen LogP contribution in [0.4, 0.5) is 0 Å². The molecule has 2 saturated heterocycles. The number of ether oxygens (including phenoxy) is 5. The predicted octanol–water partition coefficient (Wildman–Crippen LogP) is 6.39. The maximum atomic E-state index is 14.3. The van der Waals surface area contributed by atoms with E-state index in [1.165, 1.54) is 18.1 Å². The first-order valence-corrected chi connectivity index (χ1v) is 23.8. The number of aliphatic hydroxyl groups excluding tert-OH is 1. The average Bonchev–Trinajstić information content (AvgIpc) is 3.28. The molecule has 1 aliphatic carbocycles. The summed E-state index contributed by atoms with van der Waals surface area (Å²) in [5.41, 5.74) is 1.06. The van der Waals surface area contributed by atoms with Gasteiger partial charge >= 0.3 is 5.97 Å². The number of hydrogen-bond acceptors (Lipinski definition) is 13. The SMILES string of the molecule is CO[C@@H]1C(=O)/C(C)=C/[C@@H](C)C(=O)C[C@@H]([C@H](C)C[C@@H]2CC[C@@H](O)[C@H](OC)C2)OC(=O)[C@H]2CCCCN2C(=O)C(=O)[C@]2(O)O[C@@H](CC[C@H]2C)C[C@H](OC)/C(C)=C/C=C/C=C/[C@@H](C)C[C@@H](C)C1=O. The van der Waals surface area contributed by atoms with E-state index in [1.807, 2.05) is 51.2 Å². The Balaban J connectivity index is 1.70. The second kappa shape index (κ2) is 24.9. The molecule has 2 N–H and O–H groups in total. The van der Waals surface area contributed by atoms with Crippen molar-refractivity contribution in [2.45, 2.75) is 174 Å². The molecule has 0 spiro atoms. The molecule has 2 bridgehead atoms. The summed E-state index contributed by atoms with van der Waals surface area (Å²) >= 11 is 0. The number of piperidine rings is 1. The number of carbonyl (C=O) groups is 6. The van der Waals surface area contributed by atoms with E-state index < -0.39 is 83.5 Å². The van der Waals surface area contributed by atoms with Crippen LogP contribution in [0.5, 0.6) is 0 Å². The summed E-state index contributed by atoms with van der Waals surface area (Å²) in [6.45, 7) is 12.5. The van der Waals surface area contributed by atoms with E-state index >= 15 is 0 Å². The van der Waals surface area contributed by atoms with Gasteiger partial charge in [0.15, 0.2) is 17.7 Å². The van der Waals surface area contributed by atoms with Gasteiger partial charge in [-0.05, 0) is 107 Å². The van der Waals surface area contributed by atoms with Gasteiger partial charge in [-0.15, -0.1) is 0 Å². The van der Waals surface area contributed by atoms with Gasteiger partial charge in [0, 0.05) is 58.5 Å². The fraction of sp³-hybridized carbons (Fsp3) is 0.725. The molecule has 364 valence electrons. The Morgan fingerprint density at radius 3 is 2.26 bits per heavy atom. The number of aliphatic hydroxyl groups is 2. The summed E-state index contributed by atoms with van der Waals surface area (Å²) in [5.74, 6) is -8.86. The molecule has 3 aliphatic heterocycles. The highest BCUT2D eigenvalue weighted by molar-refractivity contribution is 6.39. The number of nitrogens with zero attached hydrogens (tertiary/aromatic N) is 1. The lowest BCUT2D eigenvalue weighted by Crippen LogP contribution is -2.61. The molecule has 14 atom stereocenters. The van der Waals surface area contributed by atoms with Crippen LogP contribution in [-0.2, 0) is 52.5 Å². The number of hydrogen-bond donors (Lipinski definition) is 2. The van der Waals surface area contributed by atoms with Crippen LogP contribution in [-0.4, -0.2) is 126 Å². The minimum atomic E-state index is -2.43. The molecule has 0 aromatic carbocycles. The highest BCUT2D eigenvalue weighted by atomic mass is 16.6. The van der Waals surface area contributed by atoms with Crippen molar-refractivity contribution in [1.29, 1.82) is 0 Å². The number of allylic oxidation sites excluding steroid dienone is 6. The molecule has 14 heteroatoms. The zero-order valence-corrected chi connectivity index (χ0v) is 40.5. The highest BCUT2D eigenvalue weighted by Crippen LogP contribution is 2.37. The van der Waals surface area contributed by atoms with Crippen LogP contribution in [0.1, 0.15) is 126 Å². The topological polar surface area (TPSA) is 192 Å². The Hall–Kier alpha value is -3.66. The van der Waals surface area contributed by atoms with Crippen LogP contribution in [0.2, 0.25) is 0 Å². The second-order valence-corrected chi connectivity index (χ2v) is 19.4. The molecule has 4 aliphatic rings. The van der Waals surface area contributed by atoms with Crippen molar-refractivity contribution in [1.82, 2.24) is 4.90 Å². The van der Waals surface area contributed by atoms with Crippen LogP contribution >= 0.6 is 0 Å². The standard InChI is InChI=1S/C51H77NO13/c1-30-16-12-11-13-17-31(2)42(61-8)28-38-21-19-36(7)51(60,65-38)48(57)49(58)52-23-15-14-18-39(52)50(59)64-43(33(4)26-37-20-22-40(53)44(27-37)62-9)29-41(54)32(3)25-35(6)46(56)47(63-10)45(55)34(5)24-30/h11-13,16-17,25,30,32-34,36-40,42-44,47,53,60H,14-15,18-24,26-29H2,1-10H3/b13-11+,16-12+,31-17+,35-25+/t30-,32-,33-,34-,36-,37+,38+,39-,40-,42+,43+,44-,47+,51-/m1/s1. The minimum absolute atomic E-state index is 0.0104. The van der Waals surface area contributed by atoms with E-state index in [-0.39, 0.29) is 60.4 Å². The minimum Gasteiger partial charge on any atom is -0.460 e. The number of cyclic esters (lactones) is 1. The number of methoxy groups -OCH3 is 3. The molecule has 0 unspecified atom stereocenters. The van der Waals surface area contributed by atoms with Crippen LogP contribution in [0, 0.1) is 35.5 Å². The third kappa shape index (κ3) is 14.2. The fourth-order valence-electron chi connectivity index (χ4n) is 9.98. The first-order chi connectivity index (χ1) is 30.7. The van der Waals surface area contributed by atoms with Crippen molar-refractivity contribution in [3.63, 3.8) is 0 Å². The third-order valence-electron chi connectivity index (χ3n) is 14.3. The Bertz CT molecular complexity index is 1800. The lowest BCUT2D eigenvalue weighted by atomic mass is 9.78. The Morgan fingerprint density at radius 2 is 1.58 bits per heavy atom. The molecular formula is C51H77NO13. The van der Waals surface area contributed by atoms with Crippen molar-refractivity contribution < 1.29 is 62.7 Å². The molecular weight excluding hydrogens is 835 g/mol. The lowest BCUT2D eigenvalue weighted by Gasteiger charge is -2.42. The van der Waals surface area contributed by atoms with Crippen molar-refractivity contribution in [3.8, 4) is 0 Å². The average molecular weight is 912 g/mol. The summed E-state index contributed by atoms with van der Waals surface area (Å²) in [6.07, 6.45) is 11.9. The van der Waals surface area contributed by atoms with Gasteiger partial charge in [0.2, 0.25) is 5.79 Å². The lowest BCUT2D eigenvalue weighted by molar-refractivity contribution is -0.265. The van der Waals surface area contributed by atoms with Crippen LogP contribution in [0.3, 0.4) is 0 Å². The summed E-state index contributed by atoms with van der Waals surface area (Å²) < 4.78 is 29.2. The molecule has 0 aromatic rings. The maximum absolute atomic E-state index is 14.3. The second-order valence-electron chi connectivity index (χ2n) is 19.4. The van der Waals surface area contributed by atoms with Gasteiger partial charge in [-0.3, -0.25) is 24.0 Å². The number of amides is 1. The van der Waals surface area contributed by atoms with Gasteiger partial charge in [-0.1, -0.05) is 71.1 Å². The molecule has 65 heavy (non-hydrogen) atoms. The first kappa shape index (κ1) is 54.0. The van der Waals surface area contributed by atoms with Crippen LogP contribution in [0.15, 0.2) is 47.6 Å². The fourth-order valence-corrected chi connectivity index (χ4v) is 9.98. The Labute approximate surface area is 386 Å². The molecule has 1 amide bonds. The molecule has 1 saturated carbocycles. The Morgan fingerprint density at radius 1 is 0.862 bits per heavy atom. The first-order valence-electron chi connectivity index (χ1n) is 23.8. The van der Waals surface area contributed by atoms with E-state index in [9.17, 15) is 39.0 Å². The van der Waals surface area contributed by atoms with Crippen LogP contribution in [0.25, 0.3) is 0 Å². The summed E-state index contributed by atoms with van der Waals surface area (Å²) in [7, 11) is 4.45. The quantitative estimate of drug-likeness (QED) is 0.170. The molecule has 0 aromatic heterocycles. The van der Waals surface area contributed by atoms with E-state index in [4.69, 9.17) is 23.7 Å². The number of ketones is 4. The van der Waals surface area contributed by atoms with Gasteiger partial charge in [-0.2, -0.15) is 0 Å². The highest BCUT2D eigenvalue weighted by Gasteiger charge is 2.53. The number of rotatable bonds is 6. The molecule has 3 heterocycles. The van der Waals surface area contributed by atoms with Crippen LogP contribution < -0.4 is 0 Å². The maximum Gasteiger partial charge on any atom is 0.329 e. The zero-order valence-electron chi connectivity index (χ0n) is 40.5. The predicted molar refractivity (Wildman–Crippen MR) is 244 cm³/mol. The van der Waals surface area contributed by atoms with E-state index in [0.29, 0.717) is 64.2 Å². The largest absolute Gasteiger partial charge is 0.460 e. The van der Waals surface area contributed by atoms with Crippen molar-refractivity contribution in [2.75, 3.05) is 27.9 Å². The van der Waals surface area contributed by atoms with Gasteiger partial charge in [0.1, 0.15) is 17.9 Å². The zero-order chi connectivity index (χ0) is 48.2. The molecule has 0 radical (unpaired) electrons. The number of Topliss-reactive ketones (excluding diaryl/α,β-unsaturated/α-hetero) is 4. The van der Waals surface area contributed by atoms with E-state index in [2.05, 4.69) is 0 Å². The molecule has 4 rings (SSSR count). The molecule has 14 nitrogen and oxygen atoms in total. The van der Waals surface area contributed by atoms with Crippen molar-refractivity contribution in [2.24, 2.45) is 35.5 Å². The van der Waals surface area contributed by atoms with Crippen molar-refractivity contribution in [3.05, 3.63) is 47.6 Å². The van der Waals surface area contributed by atoms with Crippen molar-refractivity contribution >= 4 is 35.0 Å². The summed E-state index contributed by atoms with van der Waals surface area (Å²) in [4.78, 5) is 85.4. The molecule has 3 fully saturated rings. The number of esters is 1. The number of fused-ring (bicyclic) bond motifs is 3. The van der Waals surface area contributed by atoms with Gasteiger partial charge in [0.05, 0.1) is 24.4 Å². The van der Waals surface area contributed by atoms with Gasteiger partial charge in [0.25, 0.3) is 11.7 Å². The monoisotopic (exact) mass is 912 g/mol. The summed E-state index contributed by atoms with van der Waals surface area (Å²) in [5, 5.41) is 22.4. The van der Waals surface area contributed by atoms with E-state index in [1.54, 1.807) is 41.9 Å². The van der Waals surface area contributed by atoms with Gasteiger partial charge < -0.3 is 38.8 Å². The summed E-state index contributed by atoms with van der Waals surface area (Å²) in [6, 6.07) is -1.15. The van der Waals surface area contributed by atoms with Gasteiger partial charge in [-0.25, -0.2) is 4.79 Å². The number of carbonyl (C=O) groups excluding carboxylic acids is 6. The van der Waals surface area contributed by atoms with E-state index in [0.717, 1.165) is 5.57 Å². The normalized spacial score (nSPS) is 39.3. The smallest absolute Gasteiger partial charge is 0.329 e. The third-order valence-corrected chi connectivity index (χ3v) is 14.3.